The number of anilines is 3. The van der Waals surface area contributed by atoms with Crippen LogP contribution in [0, 0.1) is 0 Å². The van der Waals surface area contributed by atoms with Gasteiger partial charge in [-0.2, -0.15) is 0 Å². The molecular formula is C24H17ClN2. The van der Waals surface area contributed by atoms with Crippen molar-refractivity contribution in [2.24, 2.45) is 0 Å². The number of nitrogen functional groups attached to an aromatic ring is 1. The van der Waals surface area contributed by atoms with Crippen LogP contribution in [0.1, 0.15) is 0 Å². The number of para-hydroxylation sites is 3. The Morgan fingerprint density at radius 3 is 2.00 bits per heavy atom. The highest BCUT2D eigenvalue weighted by molar-refractivity contribution is 6.34. The lowest BCUT2D eigenvalue weighted by Crippen LogP contribution is -1.94. The van der Waals surface area contributed by atoms with Crippen LogP contribution in [0.15, 0.2) is 84.9 Å². The van der Waals surface area contributed by atoms with Gasteiger partial charge in [0.1, 0.15) is 0 Å². The molecule has 0 bridgehead atoms. The smallest absolute Gasteiger partial charge is 0.0653 e. The molecule has 0 saturated heterocycles. The molecule has 130 valence electrons. The van der Waals surface area contributed by atoms with Gasteiger partial charge in [0.2, 0.25) is 0 Å². The van der Waals surface area contributed by atoms with Crippen LogP contribution in [0.5, 0.6) is 0 Å². The molecule has 0 radical (unpaired) electrons. The van der Waals surface area contributed by atoms with Crippen LogP contribution in [-0.4, -0.2) is 0 Å². The zero-order valence-corrected chi connectivity index (χ0v) is 15.3. The van der Waals surface area contributed by atoms with Crippen LogP contribution in [0.4, 0.5) is 17.1 Å². The Labute approximate surface area is 163 Å². The highest BCUT2D eigenvalue weighted by Crippen LogP contribution is 2.50. The first kappa shape index (κ1) is 16.0. The lowest BCUT2D eigenvalue weighted by molar-refractivity contribution is 1.57. The molecule has 3 N–H and O–H groups in total. The van der Waals surface area contributed by atoms with Gasteiger partial charge in [-0.05, 0) is 34.9 Å². The Balaban J connectivity index is 1.93. The summed E-state index contributed by atoms with van der Waals surface area (Å²) in [5.41, 5.74) is 15.8. The molecule has 0 saturated carbocycles. The Kier molecular flexibility index (Phi) is 3.66. The average Bonchev–Trinajstić information content (AvgIpc) is 2.84. The van der Waals surface area contributed by atoms with Crippen LogP contribution in [0.25, 0.3) is 33.4 Å². The molecule has 5 rings (SSSR count). The molecule has 3 heteroatoms. The SMILES string of the molecule is Nc1ccccc1-c1cccc2c1-c1ccccc1Nc1c(Cl)cccc1-2. The van der Waals surface area contributed by atoms with Gasteiger partial charge in [0, 0.05) is 28.1 Å². The Morgan fingerprint density at radius 2 is 1.19 bits per heavy atom. The van der Waals surface area contributed by atoms with E-state index >= 15 is 0 Å². The van der Waals surface area contributed by atoms with Gasteiger partial charge >= 0.3 is 0 Å². The van der Waals surface area contributed by atoms with Crippen molar-refractivity contribution < 1.29 is 0 Å². The summed E-state index contributed by atoms with van der Waals surface area (Å²) in [5, 5.41) is 4.26. The molecule has 0 atom stereocenters. The summed E-state index contributed by atoms with van der Waals surface area (Å²) in [4.78, 5) is 0. The van der Waals surface area contributed by atoms with Gasteiger partial charge in [0.15, 0.2) is 0 Å². The number of hydrogen-bond acceptors (Lipinski definition) is 2. The fourth-order valence-corrected chi connectivity index (χ4v) is 4.08. The fourth-order valence-electron chi connectivity index (χ4n) is 3.85. The van der Waals surface area contributed by atoms with Gasteiger partial charge in [-0.15, -0.1) is 0 Å². The Hall–Kier alpha value is -3.23. The van der Waals surface area contributed by atoms with E-state index in [0.717, 1.165) is 44.9 Å². The Bertz CT molecular complexity index is 1180. The summed E-state index contributed by atoms with van der Waals surface area (Å²) in [5.74, 6) is 0. The first-order chi connectivity index (χ1) is 13.2. The summed E-state index contributed by atoms with van der Waals surface area (Å²) in [7, 11) is 0. The molecule has 4 aromatic rings. The highest BCUT2D eigenvalue weighted by atomic mass is 35.5. The van der Waals surface area contributed by atoms with Crippen molar-refractivity contribution in [2.45, 2.75) is 0 Å². The summed E-state index contributed by atoms with van der Waals surface area (Å²) >= 11 is 6.55. The largest absolute Gasteiger partial charge is 0.398 e. The van der Waals surface area contributed by atoms with Gasteiger partial charge in [0.05, 0.1) is 10.7 Å². The average molecular weight is 369 g/mol. The molecule has 1 aliphatic rings. The third-order valence-corrected chi connectivity index (χ3v) is 5.39. The van der Waals surface area contributed by atoms with E-state index in [9.17, 15) is 0 Å². The van der Waals surface area contributed by atoms with Crippen LogP contribution < -0.4 is 11.1 Å². The summed E-state index contributed by atoms with van der Waals surface area (Å²) in [6.07, 6.45) is 0. The second-order valence-electron chi connectivity index (χ2n) is 6.65. The van der Waals surface area contributed by atoms with Crippen LogP contribution >= 0.6 is 11.6 Å². The minimum absolute atomic E-state index is 0.708. The maximum Gasteiger partial charge on any atom is 0.0653 e. The number of fused-ring (bicyclic) bond motifs is 5. The third kappa shape index (κ3) is 2.49. The molecule has 27 heavy (non-hydrogen) atoms. The molecule has 0 spiro atoms. The number of halogens is 1. The van der Waals surface area contributed by atoms with Gasteiger partial charge in [-0.3, -0.25) is 0 Å². The van der Waals surface area contributed by atoms with E-state index in [1.54, 1.807) is 0 Å². The molecule has 4 aromatic carbocycles. The molecule has 1 heterocycles. The summed E-state index contributed by atoms with van der Waals surface area (Å²) < 4.78 is 0. The van der Waals surface area contributed by atoms with E-state index < -0.39 is 0 Å². The van der Waals surface area contributed by atoms with Crippen molar-refractivity contribution in [3.8, 4) is 33.4 Å². The zero-order valence-electron chi connectivity index (χ0n) is 14.5. The molecule has 0 amide bonds. The number of benzene rings is 4. The van der Waals surface area contributed by atoms with E-state index in [2.05, 4.69) is 53.8 Å². The number of nitrogens with two attached hydrogens (primary N) is 1. The second-order valence-corrected chi connectivity index (χ2v) is 7.06. The minimum Gasteiger partial charge on any atom is -0.398 e. The van der Waals surface area contributed by atoms with E-state index in [4.69, 9.17) is 17.3 Å². The van der Waals surface area contributed by atoms with Gasteiger partial charge in [-0.1, -0.05) is 78.3 Å². The molecule has 1 aliphatic heterocycles. The van der Waals surface area contributed by atoms with Crippen molar-refractivity contribution in [3.63, 3.8) is 0 Å². The van der Waals surface area contributed by atoms with E-state index in [0.29, 0.717) is 5.02 Å². The monoisotopic (exact) mass is 368 g/mol. The van der Waals surface area contributed by atoms with Crippen LogP contribution in [0.2, 0.25) is 5.02 Å². The maximum atomic E-state index is 6.55. The molecular weight excluding hydrogens is 352 g/mol. The number of hydrogen-bond donors (Lipinski definition) is 2. The lowest BCUT2D eigenvalue weighted by Gasteiger charge is -2.16. The normalized spacial score (nSPS) is 11.6. The van der Waals surface area contributed by atoms with Crippen LogP contribution in [-0.2, 0) is 0 Å². The third-order valence-electron chi connectivity index (χ3n) is 5.08. The first-order valence-electron chi connectivity index (χ1n) is 8.87. The van der Waals surface area contributed by atoms with E-state index in [-0.39, 0.29) is 0 Å². The van der Waals surface area contributed by atoms with Crippen molar-refractivity contribution >= 4 is 28.7 Å². The predicted molar refractivity (Wildman–Crippen MR) is 115 cm³/mol. The molecule has 0 unspecified atom stereocenters. The lowest BCUT2D eigenvalue weighted by atomic mass is 9.87. The molecule has 0 aromatic heterocycles. The van der Waals surface area contributed by atoms with Crippen molar-refractivity contribution in [1.29, 1.82) is 0 Å². The zero-order chi connectivity index (χ0) is 18.4. The van der Waals surface area contributed by atoms with Crippen molar-refractivity contribution in [2.75, 3.05) is 11.1 Å². The highest BCUT2D eigenvalue weighted by Gasteiger charge is 2.23. The Morgan fingerprint density at radius 1 is 0.593 bits per heavy atom. The maximum absolute atomic E-state index is 6.55. The van der Waals surface area contributed by atoms with Crippen molar-refractivity contribution in [1.82, 2.24) is 0 Å². The molecule has 0 aliphatic carbocycles. The van der Waals surface area contributed by atoms with Gasteiger partial charge in [0.25, 0.3) is 0 Å². The van der Waals surface area contributed by atoms with Gasteiger partial charge < -0.3 is 11.1 Å². The topological polar surface area (TPSA) is 38.0 Å². The first-order valence-corrected chi connectivity index (χ1v) is 9.25. The number of rotatable bonds is 1. The van der Waals surface area contributed by atoms with E-state index in [1.807, 2.05) is 36.4 Å². The van der Waals surface area contributed by atoms with Gasteiger partial charge in [-0.25, -0.2) is 0 Å². The quantitative estimate of drug-likeness (QED) is 0.313. The predicted octanol–water partition coefficient (Wildman–Crippen LogP) is 6.98. The molecule has 2 nitrogen and oxygen atoms in total. The van der Waals surface area contributed by atoms with Crippen LogP contribution in [0.3, 0.4) is 0 Å². The standard InChI is InChI=1S/C24H17ClN2/c25-20-12-6-11-18-17-10-5-9-16(15-7-1-3-13-21(15)26)23(17)19-8-2-4-14-22(19)27-24(18)20/h1-14,27H,26H2. The van der Waals surface area contributed by atoms with Crippen molar-refractivity contribution in [3.05, 3.63) is 90.0 Å². The minimum atomic E-state index is 0.708. The van der Waals surface area contributed by atoms with E-state index in [1.165, 1.54) is 5.56 Å². The summed E-state index contributed by atoms with van der Waals surface area (Å²) in [6, 6.07) is 28.7. The number of nitrogens with one attached hydrogen (secondary N) is 1. The summed E-state index contributed by atoms with van der Waals surface area (Å²) in [6.45, 7) is 0. The fraction of sp³-hybridized carbons (Fsp3) is 0. The molecule has 0 fully saturated rings. The second kappa shape index (κ2) is 6.19.